The van der Waals surface area contributed by atoms with E-state index in [2.05, 4.69) is 28.2 Å². The van der Waals surface area contributed by atoms with Gasteiger partial charge in [-0.1, -0.05) is 35.0 Å². The van der Waals surface area contributed by atoms with Crippen molar-refractivity contribution >= 4 is 27.5 Å². The Morgan fingerprint density at radius 3 is 2.76 bits per heavy atom. The maximum absolute atomic E-state index is 13.1. The number of phenols is 1. The Balaban J connectivity index is 2.13. The summed E-state index contributed by atoms with van der Waals surface area (Å²) in [6.45, 7) is 4.08. The number of rotatable bonds is 4. The van der Waals surface area contributed by atoms with Gasteiger partial charge in [0.15, 0.2) is 11.5 Å². The number of ether oxygens (including phenoxy) is 1. The number of amides is 1. The van der Waals surface area contributed by atoms with Crippen molar-refractivity contribution < 1.29 is 14.6 Å². The smallest absolute Gasteiger partial charge is 0.258 e. The molecule has 0 aromatic heterocycles. The number of anilines is 1. The van der Waals surface area contributed by atoms with Crippen molar-refractivity contribution in [3.8, 4) is 11.5 Å². The highest BCUT2D eigenvalue weighted by Crippen LogP contribution is 2.41. The summed E-state index contributed by atoms with van der Waals surface area (Å²) in [5, 5.41) is 13.7. The summed E-state index contributed by atoms with van der Waals surface area (Å²) in [7, 11) is 1.51. The van der Waals surface area contributed by atoms with E-state index in [1.165, 1.54) is 7.11 Å². The molecule has 0 spiro atoms. The van der Waals surface area contributed by atoms with E-state index in [0.29, 0.717) is 11.3 Å². The Labute approximate surface area is 155 Å². The minimum Gasteiger partial charge on any atom is -0.504 e. The predicted molar refractivity (Wildman–Crippen MR) is 101 cm³/mol. The third-order valence-electron chi connectivity index (χ3n) is 4.62. The molecule has 5 nitrogen and oxygen atoms in total. The number of fused-ring (bicyclic) bond motifs is 1. The number of carbonyl (C=O) groups is 1. The zero-order chi connectivity index (χ0) is 18.1. The van der Waals surface area contributed by atoms with Crippen LogP contribution in [0, 0.1) is 0 Å². The second kappa shape index (κ2) is 6.96. The van der Waals surface area contributed by atoms with Gasteiger partial charge in [0.05, 0.1) is 12.7 Å². The van der Waals surface area contributed by atoms with Gasteiger partial charge in [-0.3, -0.25) is 4.79 Å². The zero-order valence-corrected chi connectivity index (χ0v) is 16.0. The third-order valence-corrected chi connectivity index (χ3v) is 5.31. The monoisotopic (exact) mass is 404 g/mol. The average Bonchev–Trinajstić information content (AvgIpc) is 2.62. The van der Waals surface area contributed by atoms with Crippen LogP contribution >= 0.6 is 15.9 Å². The van der Waals surface area contributed by atoms with Crippen molar-refractivity contribution in [1.29, 1.82) is 0 Å². The number of para-hydroxylation sites is 1. The van der Waals surface area contributed by atoms with E-state index in [-0.39, 0.29) is 23.9 Å². The van der Waals surface area contributed by atoms with Crippen LogP contribution in [-0.2, 0) is 0 Å². The van der Waals surface area contributed by atoms with Crippen LogP contribution in [0.15, 0.2) is 40.9 Å². The number of aromatic hydroxyl groups is 1. The lowest BCUT2D eigenvalue weighted by Gasteiger charge is -2.42. The molecule has 0 unspecified atom stereocenters. The lowest BCUT2D eigenvalue weighted by molar-refractivity contribution is 0.0592. The van der Waals surface area contributed by atoms with E-state index < -0.39 is 0 Å². The molecule has 25 heavy (non-hydrogen) atoms. The Morgan fingerprint density at radius 1 is 1.36 bits per heavy atom. The molecule has 132 valence electrons. The highest BCUT2D eigenvalue weighted by Gasteiger charge is 2.36. The summed E-state index contributed by atoms with van der Waals surface area (Å²) in [5.41, 5.74) is 2.23. The lowest BCUT2D eigenvalue weighted by Crippen LogP contribution is -2.47. The van der Waals surface area contributed by atoms with Crippen molar-refractivity contribution in [2.45, 2.75) is 32.5 Å². The molecule has 1 aliphatic heterocycles. The third kappa shape index (κ3) is 3.06. The van der Waals surface area contributed by atoms with Gasteiger partial charge in [0.1, 0.15) is 6.17 Å². The second-order valence-corrected chi connectivity index (χ2v) is 6.96. The topological polar surface area (TPSA) is 61.8 Å². The maximum atomic E-state index is 13.1. The first-order valence-electron chi connectivity index (χ1n) is 8.22. The predicted octanol–water partition coefficient (Wildman–Crippen LogP) is 4.53. The fraction of sp³-hybridized carbons (Fsp3) is 0.316. The molecule has 2 atom stereocenters. The summed E-state index contributed by atoms with van der Waals surface area (Å²) >= 11 is 3.55. The molecule has 0 saturated carbocycles. The molecule has 0 aliphatic carbocycles. The van der Waals surface area contributed by atoms with Gasteiger partial charge >= 0.3 is 0 Å². The van der Waals surface area contributed by atoms with Gasteiger partial charge in [-0.2, -0.15) is 0 Å². The van der Waals surface area contributed by atoms with Crippen LogP contribution in [-0.4, -0.2) is 29.1 Å². The van der Waals surface area contributed by atoms with Crippen LogP contribution in [0.4, 0.5) is 5.69 Å². The highest BCUT2D eigenvalue weighted by molar-refractivity contribution is 9.10. The van der Waals surface area contributed by atoms with Crippen LogP contribution in [0.5, 0.6) is 11.5 Å². The molecule has 1 aliphatic rings. The molecule has 2 aromatic rings. The number of nitrogens with zero attached hydrogens (tertiary/aromatic N) is 1. The van der Waals surface area contributed by atoms with Crippen molar-refractivity contribution in [3.05, 3.63) is 52.0 Å². The second-order valence-electron chi connectivity index (χ2n) is 6.11. The zero-order valence-electron chi connectivity index (χ0n) is 14.4. The Hall–Kier alpha value is -2.21. The number of phenolic OH excluding ortho intramolecular Hbond substituents is 1. The molecule has 6 heteroatoms. The van der Waals surface area contributed by atoms with Gasteiger partial charge in [0, 0.05) is 21.8 Å². The van der Waals surface area contributed by atoms with Gasteiger partial charge in [0.2, 0.25) is 0 Å². The number of halogens is 1. The fourth-order valence-electron chi connectivity index (χ4n) is 3.08. The van der Waals surface area contributed by atoms with Crippen LogP contribution in [0.25, 0.3) is 0 Å². The van der Waals surface area contributed by atoms with Crippen molar-refractivity contribution in [2.75, 3.05) is 12.4 Å². The minimum atomic E-state index is -0.386. The normalized spacial score (nSPS) is 17.7. The SMILES string of the molecule is CC[C@@H](C)N1C(=O)c2ccccc2N[C@H]1c1cc(O)c(OC)cc1Br. The number of carbonyl (C=O) groups excluding carboxylic acids is 1. The summed E-state index contributed by atoms with van der Waals surface area (Å²) in [6.07, 6.45) is 0.440. The van der Waals surface area contributed by atoms with E-state index in [1.807, 2.05) is 36.1 Å². The van der Waals surface area contributed by atoms with Crippen molar-refractivity contribution in [2.24, 2.45) is 0 Å². The fourth-order valence-corrected chi connectivity index (χ4v) is 3.62. The number of hydrogen-bond donors (Lipinski definition) is 2. The van der Waals surface area contributed by atoms with E-state index in [0.717, 1.165) is 22.1 Å². The van der Waals surface area contributed by atoms with E-state index in [1.54, 1.807) is 12.1 Å². The summed E-state index contributed by atoms with van der Waals surface area (Å²) in [4.78, 5) is 14.9. The number of benzene rings is 2. The molecule has 2 N–H and O–H groups in total. The molecule has 2 aromatic carbocycles. The molecule has 0 radical (unpaired) electrons. The van der Waals surface area contributed by atoms with Crippen LogP contribution < -0.4 is 10.1 Å². The summed E-state index contributed by atoms with van der Waals surface area (Å²) in [5.74, 6) is 0.405. The molecular weight excluding hydrogens is 384 g/mol. The molecule has 0 fully saturated rings. The number of nitrogens with one attached hydrogen (secondary N) is 1. The molecule has 1 heterocycles. The molecule has 3 rings (SSSR count). The van der Waals surface area contributed by atoms with Crippen molar-refractivity contribution in [1.82, 2.24) is 4.90 Å². The Kier molecular flexibility index (Phi) is 4.90. The average molecular weight is 405 g/mol. The van der Waals surface area contributed by atoms with E-state index in [9.17, 15) is 9.90 Å². The highest BCUT2D eigenvalue weighted by atomic mass is 79.9. The summed E-state index contributed by atoms with van der Waals surface area (Å²) in [6, 6.07) is 10.9. The van der Waals surface area contributed by atoms with Gasteiger partial charge in [-0.25, -0.2) is 0 Å². The van der Waals surface area contributed by atoms with Crippen LogP contribution in [0.3, 0.4) is 0 Å². The van der Waals surface area contributed by atoms with E-state index >= 15 is 0 Å². The van der Waals surface area contributed by atoms with Gasteiger partial charge < -0.3 is 20.1 Å². The first kappa shape index (κ1) is 17.6. The molecule has 0 saturated heterocycles. The van der Waals surface area contributed by atoms with Crippen molar-refractivity contribution in [3.63, 3.8) is 0 Å². The number of methoxy groups -OCH3 is 1. The molecular formula is C19H21BrN2O3. The van der Waals surface area contributed by atoms with Crippen LogP contribution in [0.2, 0.25) is 0 Å². The Morgan fingerprint density at radius 2 is 2.08 bits per heavy atom. The van der Waals surface area contributed by atoms with Gasteiger partial charge in [0.25, 0.3) is 5.91 Å². The summed E-state index contributed by atoms with van der Waals surface area (Å²) < 4.78 is 5.92. The van der Waals surface area contributed by atoms with E-state index in [4.69, 9.17) is 4.74 Å². The van der Waals surface area contributed by atoms with Gasteiger partial charge in [-0.15, -0.1) is 0 Å². The van der Waals surface area contributed by atoms with Gasteiger partial charge in [-0.05, 0) is 37.6 Å². The molecule has 0 bridgehead atoms. The first-order chi connectivity index (χ1) is 12.0. The minimum absolute atomic E-state index is 0.0177. The first-order valence-corrected chi connectivity index (χ1v) is 9.01. The largest absolute Gasteiger partial charge is 0.504 e. The maximum Gasteiger partial charge on any atom is 0.258 e. The lowest BCUT2D eigenvalue weighted by atomic mass is 10.0. The molecule has 1 amide bonds. The van der Waals surface area contributed by atoms with Crippen LogP contribution in [0.1, 0.15) is 42.4 Å². The standard InChI is InChI=1S/C19H21BrN2O3/c1-4-11(2)22-18(13-9-16(23)17(25-3)10-14(13)20)21-15-8-6-5-7-12(15)19(22)24/h5-11,18,21,23H,4H2,1-3H3/t11-,18-/m1/s1. The number of hydrogen-bond acceptors (Lipinski definition) is 4. The Bertz CT molecular complexity index is 809. The quantitative estimate of drug-likeness (QED) is 0.785.